The Bertz CT molecular complexity index is 1220. The van der Waals surface area contributed by atoms with Crippen LogP contribution < -0.4 is 5.32 Å². The summed E-state index contributed by atoms with van der Waals surface area (Å²) in [7, 11) is 0. The van der Waals surface area contributed by atoms with Gasteiger partial charge in [0.1, 0.15) is 5.82 Å². The molecule has 0 atom stereocenters. The van der Waals surface area contributed by atoms with Crippen molar-refractivity contribution in [2.24, 2.45) is 0 Å². The van der Waals surface area contributed by atoms with Crippen molar-refractivity contribution in [3.05, 3.63) is 84.0 Å². The fourth-order valence-corrected chi connectivity index (χ4v) is 5.33. The molecular formula is C24H23N5OS3. The van der Waals surface area contributed by atoms with Gasteiger partial charge in [0.25, 0.3) is 0 Å². The lowest BCUT2D eigenvalue weighted by Gasteiger charge is -2.08. The molecule has 0 saturated carbocycles. The molecule has 6 nitrogen and oxygen atoms in total. The number of allylic oxidation sites excluding steroid dienone is 1. The third kappa shape index (κ3) is 6.34. The number of hydrogen-bond acceptors (Lipinski definition) is 7. The molecule has 0 aliphatic heterocycles. The summed E-state index contributed by atoms with van der Waals surface area (Å²) in [6.07, 6.45) is 1.81. The largest absolute Gasteiger partial charge is 0.301 e. The van der Waals surface area contributed by atoms with Crippen LogP contribution in [0.3, 0.4) is 0 Å². The highest BCUT2D eigenvalue weighted by Crippen LogP contribution is 2.27. The maximum atomic E-state index is 12.5. The summed E-state index contributed by atoms with van der Waals surface area (Å²) in [6, 6.07) is 18.3. The van der Waals surface area contributed by atoms with E-state index in [1.165, 1.54) is 33.6 Å². The van der Waals surface area contributed by atoms with E-state index in [0.29, 0.717) is 22.6 Å². The average Bonchev–Trinajstić information content (AvgIpc) is 3.45. The molecule has 0 aliphatic rings. The van der Waals surface area contributed by atoms with Crippen molar-refractivity contribution < 1.29 is 4.79 Å². The van der Waals surface area contributed by atoms with E-state index in [4.69, 9.17) is 0 Å². The van der Waals surface area contributed by atoms with Gasteiger partial charge >= 0.3 is 0 Å². The smallest absolute Gasteiger partial charge is 0.236 e. The van der Waals surface area contributed by atoms with Crippen LogP contribution in [-0.2, 0) is 17.1 Å². The first-order chi connectivity index (χ1) is 16.1. The van der Waals surface area contributed by atoms with Crippen LogP contribution in [0.25, 0.3) is 11.3 Å². The van der Waals surface area contributed by atoms with E-state index >= 15 is 0 Å². The van der Waals surface area contributed by atoms with Gasteiger partial charge in [-0.25, -0.2) is 4.98 Å². The second-order valence-electron chi connectivity index (χ2n) is 7.14. The molecule has 1 amide bonds. The van der Waals surface area contributed by atoms with Gasteiger partial charge in [0.2, 0.25) is 5.91 Å². The second kappa shape index (κ2) is 11.3. The molecule has 4 rings (SSSR count). The Kier molecular flexibility index (Phi) is 7.98. The molecule has 0 unspecified atom stereocenters. The number of aryl methyl sites for hydroxylation is 1. The van der Waals surface area contributed by atoms with Crippen molar-refractivity contribution in [1.82, 2.24) is 19.7 Å². The third-order valence-electron chi connectivity index (χ3n) is 4.65. The Morgan fingerprint density at radius 1 is 1.12 bits per heavy atom. The Morgan fingerprint density at radius 3 is 2.67 bits per heavy atom. The molecule has 9 heteroatoms. The number of nitrogens with one attached hydrogen (secondary N) is 1. The number of carbonyl (C=O) groups excluding carboxylic acids is 1. The maximum absolute atomic E-state index is 12.5. The highest BCUT2D eigenvalue weighted by molar-refractivity contribution is 7.99. The molecule has 1 N–H and O–H groups in total. The Morgan fingerprint density at radius 2 is 1.91 bits per heavy atom. The van der Waals surface area contributed by atoms with Crippen molar-refractivity contribution in [3.63, 3.8) is 0 Å². The summed E-state index contributed by atoms with van der Waals surface area (Å²) in [6.45, 7) is 6.51. The minimum absolute atomic E-state index is 0.127. The Labute approximate surface area is 205 Å². The lowest BCUT2D eigenvalue weighted by molar-refractivity contribution is -0.113. The van der Waals surface area contributed by atoms with E-state index in [2.05, 4.69) is 58.3 Å². The fourth-order valence-electron chi connectivity index (χ4n) is 2.99. The lowest BCUT2D eigenvalue weighted by atomic mass is 10.2. The van der Waals surface area contributed by atoms with Gasteiger partial charge in [0.05, 0.1) is 17.2 Å². The molecule has 33 heavy (non-hydrogen) atoms. The number of amides is 1. The summed E-state index contributed by atoms with van der Waals surface area (Å²) in [5.74, 6) is 1.65. The molecule has 2 heterocycles. The number of nitrogens with zero attached hydrogens (tertiary/aromatic N) is 4. The van der Waals surface area contributed by atoms with Gasteiger partial charge < -0.3 is 9.88 Å². The van der Waals surface area contributed by atoms with Crippen LogP contribution in [0.1, 0.15) is 11.4 Å². The minimum atomic E-state index is -0.127. The maximum Gasteiger partial charge on any atom is 0.236 e. The Balaban J connectivity index is 1.34. The van der Waals surface area contributed by atoms with Crippen LogP contribution in [0, 0.1) is 6.92 Å². The van der Waals surface area contributed by atoms with Gasteiger partial charge in [0.15, 0.2) is 10.3 Å². The number of carbonyl (C=O) groups is 1. The zero-order valence-corrected chi connectivity index (χ0v) is 20.6. The molecule has 0 fully saturated rings. The van der Waals surface area contributed by atoms with Gasteiger partial charge in [-0.05, 0) is 19.1 Å². The van der Waals surface area contributed by atoms with Gasteiger partial charge in [-0.15, -0.1) is 39.9 Å². The van der Waals surface area contributed by atoms with E-state index < -0.39 is 0 Å². The molecule has 0 spiro atoms. The normalized spacial score (nSPS) is 10.8. The van der Waals surface area contributed by atoms with E-state index in [-0.39, 0.29) is 11.7 Å². The van der Waals surface area contributed by atoms with Gasteiger partial charge in [-0.3, -0.25) is 4.79 Å². The summed E-state index contributed by atoms with van der Waals surface area (Å²) in [4.78, 5) is 18.2. The minimum Gasteiger partial charge on any atom is -0.301 e. The zero-order chi connectivity index (χ0) is 23.0. The summed E-state index contributed by atoms with van der Waals surface area (Å²) >= 11 is 4.48. The molecule has 4 aromatic rings. The van der Waals surface area contributed by atoms with Crippen LogP contribution in [0.5, 0.6) is 0 Å². The van der Waals surface area contributed by atoms with Crippen molar-refractivity contribution in [3.8, 4) is 11.3 Å². The third-order valence-corrected chi connectivity index (χ3v) is 7.38. The van der Waals surface area contributed by atoms with Crippen molar-refractivity contribution in [1.29, 1.82) is 0 Å². The van der Waals surface area contributed by atoms with Crippen molar-refractivity contribution >= 4 is 45.9 Å². The van der Waals surface area contributed by atoms with Gasteiger partial charge in [-0.2, -0.15) is 0 Å². The zero-order valence-electron chi connectivity index (χ0n) is 18.1. The van der Waals surface area contributed by atoms with E-state index in [1.807, 2.05) is 46.4 Å². The first-order valence-corrected chi connectivity index (χ1v) is 13.1. The number of thioether (sulfide) groups is 2. The molecule has 0 aliphatic carbocycles. The topological polar surface area (TPSA) is 72.7 Å². The molecule has 0 bridgehead atoms. The summed E-state index contributed by atoms with van der Waals surface area (Å²) < 4.78 is 2.00. The molecule has 2 aromatic heterocycles. The summed E-state index contributed by atoms with van der Waals surface area (Å²) in [5, 5.41) is 14.8. The number of hydrogen-bond donors (Lipinski definition) is 1. The van der Waals surface area contributed by atoms with Crippen LogP contribution in [0.15, 0.2) is 82.7 Å². The first-order valence-electron chi connectivity index (χ1n) is 10.3. The van der Waals surface area contributed by atoms with Crippen LogP contribution >= 0.6 is 34.9 Å². The predicted molar refractivity (Wildman–Crippen MR) is 138 cm³/mol. The number of thiazole rings is 1. The lowest BCUT2D eigenvalue weighted by Crippen LogP contribution is -2.14. The number of anilines is 1. The van der Waals surface area contributed by atoms with E-state index in [0.717, 1.165) is 17.1 Å². The first kappa shape index (κ1) is 23.3. The van der Waals surface area contributed by atoms with Crippen LogP contribution in [-0.4, -0.2) is 31.4 Å². The Hall–Kier alpha value is -2.88. The quantitative estimate of drug-likeness (QED) is 0.218. The second-order valence-corrected chi connectivity index (χ2v) is 9.99. The van der Waals surface area contributed by atoms with Crippen LogP contribution in [0.4, 0.5) is 5.13 Å². The fraction of sp³-hybridized carbons (Fsp3) is 0.167. The molecule has 168 valence electrons. The molecule has 2 aromatic carbocycles. The predicted octanol–water partition coefficient (Wildman–Crippen LogP) is 5.92. The van der Waals surface area contributed by atoms with Crippen molar-refractivity contribution in [2.75, 3.05) is 11.1 Å². The SMILES string of the molecule is C=CCn1c(CSc2ccc(C)cc2)nnc1SCC(=O)Nc1nc(-c2ccccc2)cs1. The standard InChI is InChI=1S/C24H23N5OS3/c1-3-13-29-21(15-31-19-11-9-17(2)10-12-19)27-28-24(29)33-16-22(30)26-23-25-20(14-32-23)18-7-5-4-6-8-18/h3-12,14H,1,13,15-16H2,2H3,(H,25,26,30). The number of rotatable bonds is 10. The van der Waals surface area contributed by atoms with Crippen molar-refractivity contribution in [2.45, 2.75) is 29.3 Å². The van der Waals surface area contributed by atoms with Crippen LogP contribution in [0.2, 0.25) is 0 Å². The monoisotopic (exact) mass is 493 g/mol. The summed E-state index contributed by atoms with van der Waals surface area (Å²) in [5.41, 5.74) is 3.11. The number of aromatic nitrogens is 4. The van der Waals surface area contributed by atoms with Gasteiger partial charge in [0, 0.05) is 22.4 Å². The average molecular weight is 494 g/mol. The van der Waals surface area contributed by atoms with Gasteiger partial charge in [-0.1, -0.05) is 65.9 Å². The highest BCUT2D eigenvalue weighted by Gasteiger charge is 2.15. The van der Waals surface area contributed by atoms with E-state index in [9.17, 15) is 4.79 Å². The highest BCUT2D eigenvalue weighted by atomic mass is 32.2. The molecule has 0 saturated heterocycles. The van der Waals surface area contributed by atoms with E-state index in [1.54, 1.807) is 11.8 Å². The molecular weight excluding hydrogens is 470 g/mol. The number of benzene rings is 2. The molecule has 0 radical (unpaired) electrons.